The fraction of sp³-hybridized carbons (Fsp3) is 0.364. The molecule has 1 N–H and O–H groups in total. The zero-order valence-corrected chi connectivity index (χ0v) is 16.3. The minimum absolute atomic E-state index is 0.248. The van der Waals surface area contributed by atoms with Gasteiger partial charge in [-0.2, -0.15) is 0 Å². The molecule has 2 aromatic carbocycles. The van der Waals surface area contributed by atoms with Gasteiger partial charge in [0.05, 0.1) is 11.7 Å². The Bertz CT molecular complexity index is 830. The number of hydrogen-bond acceptors (Lipinski definition) is 3. The van der Waals surface area contributed by atoms with Gasteiger partial charge in [-0.25, -0.2) is 4.39 Å². The van der Waals surface area contributed by atoms with Crippen LogP contribution in [0.2, 0.25) is 0 Å². The Morgan fingerprint density at radius 2 is 1.68 bits per heavy atom. The molecule has 0 spiro atoms. The van der Waals surface area contributed by atoms with Crippen LogP contribution in [-0.4, -0.2) is 42.9 Å². The average molecular weight is 383 g/mol. The van der Waals surface area contributed by atoms with Gasteiger partial charge in [-0.05, 0) is 36.6 Å². The van der Waals surface area contributed by atoms with Crippen LogP contribution in [0.4, 0.5) is 10.1 Å². The van der Waals surface area contributed by atoms with Crippen molar-refractivity contribution >= 4 is 17.5 Å². The van der Waals surface area contributed by atoms with E-state index in [2.05, 4.69) is 12.2 Å². The van der Waals surface area contributed by atoms with Crippen molar-refractivity contribution in [1.29, 1.82) is 0 Å². The molecule has 0 aliphatic carbocycles. The number of carbonyl (C=O) groups is 2. The largest absolute Gasteiger partial charge is 0.366 e. The van der Waals surface area contributed by atoms with Crippen LogP contribution in [0.25, 0.3) is 0 Å². The Balaban J connectivity index is 1.54. The first-order valence-corrected chi connectivity index (χ1v) is 9.67. The quantitative estimate of drug-likeness (QED) is 0.826. The summed E-state index contributed by atoms with van der Waals surface area (Å²) in [6, 6.07) is 14.4. The van der Waals surface area contributed by atoms with Gasteiger partial charge < -0.3 is 15.1 Å². The first-order valence-electron chi connectivity index (χ1n) is 9.67. The van der Waals surface area contributed by atoms with E-state index in [0.717, 1.165) is 12.0 Å². The van der Waals surface area contributed by atoms with Crippen molar-refractivity contribution in [2.75, 3.05) is 31.1 Å². The minimum Gasteiger partial charge on any atom is -0.366 e. The third-order valence-corrected chi connectivity index (χ3v) is 5.19. The van der Waals surface area contributed by atoms with Crippen LogP contribution < -0.4 is 10.2 Å². The third kappa shape index (κ3) is 4.50. The standard InChI is InChI=1S/C22H26FN3O2/c1-3-17-8-10-18(11-9-17)16(2)24-21(27)22(28)26-14-12-25(13-15-26)20-7-5-4-6-19(20)23/h4-11,16H,3,12-15H2,1-2H3,(H,24,27). The Morgan fingerprint density at radius 1 is 1.04 bits per heavy atom. The van der Waals surface area contributed by atoms with E-state index in [1.165, 1.54) is 16.5 Å². The van der Waals surface area contributed by atoms with E-state index < -0.39 is 11.8 Å². The van der Waals surface area contributed by atoms with Gasteiger partial charge in [0.15, 0.2) is 0 Å². The summed E-state index contributed by atoms with van der Waals surface area (Å²) < 4.78 is 13.9. The minimum atomic E-state index is -0.605. The topological polar surface area (TPSA) is 52.7 Å². The number of aryl methyl sites for hydroxylation is 1. The molecular formula is C22H26FN3O2. The number of rotatable bonds is 4. The summed E-state index contributed by atoms with van der Waals surface area (Å²) in [5.74, 6) is -1.42. The maximum absolute atomic E-state index is 13.9. The van der Waals surface area contributed by atoms with E-state index in [9.17, 15) is 14.0 Å². The molecule has 0 radical (unpaired) electrons. The third-order valence-electron chi connectivity index (χ3n) is 5.19. The molecule has 6 heteroatoms. The number of nitrogens with one attached hydrogen (secondary N) is 1. The van der Waals surface area contributed by atoms with Crippen molar-refractivity contribution < 1.29 is 14.0 Å². The molecule has 1 atom stereocenters. The molecule has 148 valence electrons. The maximum Gasteiger partial charge on any atom is 0.312 e. The maximum atomic E-state index is 13.9. The van der Waals surface area contributed by atoms with E-state index in [0.29, 0.717) is 31.9 Å². The lowest BCUT2D eigenvalue weighted by Gasteiger charge is -2.36. The molecule has 3 rings (SSSR count). The zero-order chi connectivity index (χ0) is 20.1. The Kier molecular flexibility index (Phi) is 6.29. The molecule has 1 unspecified atom stereocenters. The molecule has 1 saturated heterocycles. The number of benzene rings is 2. The van der Waals surface area contributed by atoms with E-state index in [-0.39, 0.29) is 11.9 Å². The van der Waals surface area contributed by atoms with Gasteiger partial charge in [0, 0.05) is 26.2 Å². The van der Waals surface area contributed by atoms with Crippen molar-refractivity contribution in [2.24, 2.45) is 0 Å². The molecule has 1 aliphatic rings. The molecule has 1 heterocycles. The smallest absolute Gasteiger partial charge is 0.312 e. The van der Waals surface area contributed by atoms with Crippen LogP contribution >= 0.6 is 0 Å². The van der Waals surface area contributed by atoms with E-state index in [1.54, 1.807) is 18.2 Å². The summed E-state index contributed by atoms with van der Waals surface area (Å²) in [5.41, 5.74) is 2.72. The molecule has 0 saturated carbocycles. The van der Waals surface area contributed by atoms with Crippen molar-refractivity contribution in [1.82, 2.24) is 10.2 Å². The van der Waals surface area contributed by atoms with E-state index in [1.807, 2.05) is 36.1 Å². The van der Waals surface area contributed by atoms with Crippen molar-refractivity contribution in [3.05, 3.63) is 65.5 Å². The molecular weight excluding hydrogens is 357 g/mol. The number of hydrogen-bond donors (Lipinski definition) is 1. The molecule has 1 aliphatic heterocycles. The fourth-order valence-electron chi connectivity index (χ4n) is 3.39. The number of nitrogens with zero attached hydrogens (tertiary/aromatic N) is 2. The normalized spacial score (nSPS) is 15.2. The molecule has 2 amide bonds. The van der Waals surface area contributed by atoms with Crippen LogP contribution in [-0.2, 0) is 16.0 Å². The second-order valence-corrected chi connectivity index (χ2v) is 7.02. The number of carbonyl (C=O) groups excluding carboxylic acids is 2. The van der Waals surface area contributed by atoms with Crippen LogP contribution in [0, 0.1) is 5.82 Å². The van der Waals surface area contributed by atoms with E-state index in [4.69, 9.17) is 0 Å². The predicted octanol–water partition coefficient (Wildman–Crippen LogP) is 2.91. The molecule has 5 nitrogen and oxygen atoms in total. The summed E-state index contributed by atoms with van der Waals surface area (Å²) in [7, 11) is 0. The predicted molar refractivity (Wildman–Crippen MR) is 108 cm³/mol. The van der Waals surface area contributed by atoms with Gasteiger partial charge in [0.1, 0.15) is 5.82 Å². The van der Waals surface area contributed by atoms with Crippen LogP contribution in [0.1, 0.15) is 31.0 Å². The van der Waals surface area contributed by atoms with Gasteiger partial charge in [-0.1, -0.05) is 43.3 Å². The molecule has 1 fully saturated rings. The van der Waals surface area contributed by atoms with Gasteiger partial charge in [0.25, 0.3) is 0 Å². The zero-order valence-electron chi connectivity index (χ0n) is 16.3. The highest BCUT2D eigenvalue weighted by atomic mass is 19.1. The van der Waals surface area contributed by atoms with Gasteiger partial charge in [-0.15, -0.1) is 0 Å². The van der Waals surface area contributed by atoms with E-state index >= 15 is 0 Å². The lowest BCUT2D eigenvalue weighted by Crippen LogP contribution is -2.53. The number of anilines is 1. The highest BCUT2D eigenvalue weighted by Gasteiger charge is 2.27. The van der Waals surface area contributed by atoms with Crippen molar-refractivity contribution in [3.8, 4) is 0 Å². The summed E-state index contributed by atoms with van der Waals surface area (Å²) in [5, 5.41) is 2.78. The summed E-state index contributed by atoms with van der Waals surface area (Å²) >= 11 is 0. The monoisotopic (exact) mass is 383 g/mol. The Morgan fingerprint density at radius 3 is 2.29 bits per heavy atom. The number of amides is 2. The second kappa shape index (κ2) is 8.87. The van der Waals surface area contributed by atoms with Crippen LogP contribution in [0.15, 0.2) is 48.5 Å². The van der Waals surface area contributed by atoms with Crippen LogP contribution in [0.3, 0.4) is 0 Å². The van der Waals surface area contributed by atoms with Crippen molar-refractivity contribution in [2.45, 2.75) is 26.3 Å². The average Bonchev–Trinajstić information content (AvgIpc) is 2.73. The van der Waals surface area contributed by atoms with Crippen molar-refractivity contribution in [3.63, 3.8) is 0 Å². The van der Waals surface area contributed by atoms with Gasteiger partial charge >= 0.3 is 11.8 Å². The van der Waals surface area contributed by atoms with Gasteiger partial charge in [-0.3, -0.25) is 9.59 Å². The van der Waals surface area contributed by atoms with Gasteiger partial charge in [0.2, 0.25) is 0 Å². The lowest BCUT2D eigenvalue weighted by atomic mass is 10.0. The Hall–Kier alpha value is -2.89. The second-order valence-electron chi connectivity index (χ2n) is 7.02. The molecule has 0 bridgehead atoms. The van der Waals surface area contributed by atoms with Crippen LogP contribution in [0.5, 0.6) is 0 Å². The highest BCUT2D eigenvalue weighted by Crippen LogP contribution is 2.20. The molecule has 0 aromatic heterocycles. The first-order chi connectivity index (χ1) is 13.5. The SMILES string of the molecule is CCc1ccc(C(C)NC(=O)C(=O)N2CCN(c3ccccc3F)CC2)cc1. The summed E-state index contributed by atoms with van der Waals surface area (Å²) in [6.45, 7) is 5.72. The molecule has 2 aromatic rings. The number of piperazine rings is 1. The fourth-order valence-corrected chi connectivity index (χ4v) is 3.39. The summed E-state index contributed by atoms with van der Waals surface area (Å²) in [4.78, 5) is 28.3. The number of para-hydroxylation sites is 1. The highest BCUT2D eigenvalue weighted by molar-refractivity contribution is 6.35. The summed E-state index contributed by atoms with van der Waals surface area (Å²) in [6.07, 6.45) is 0.957. The lowest BCUT2D eigenvalue weighted by molar-refractivity contribution is -0.146. The first kappa shape index (κ1) is 19.9. The Labute approximate surface area is 165 Å². The molecule has 28 heavy (non-hydrogen) atoms. The number of halogens is 1.